The molecular weight excluding hydrogens is 1770 g/mol. The minimum atomic E-state index is 0.186. The SMILES string of the molecule is CC.CC.CC.CC.CC.Cc1cc(C)c2ccccc2c1.Cc1cccc2c1-c1ccccc1C2.Cn1c2ccccc2c2c3c(ccc21)Cc1ccccc1-3.Cn1c2ccccc2c2ccccc21.Cn1c2ccccc2c2ccccc21.Cn1c2ccccc2c2ccccc21.c1ccc2c(c1)Cc1ccccc1-2.c1ccc2c(c1)Cc1ccccc1-2.c1ccc2c(c1)Oc1cccc3c1B2c1ccccc1O3. The molecule has 6 aliphatic rings. The maximum absolute atomic E-state index is 6.06. The van der Waals surface area contributed by atoms with Gasteiger partial charge in [0, 0.05) is 121 Å². The number of benzene rings is 20. The average Bonchev–Trinajstić information content (AvgIpc) is 1.65. The largest absolute Gasteiger partial charge is 0.458 e. The molecule has 30 rings (SSSR count). The fourth-order valence-electron chi connectivity index (χ4n) is 21.8. The lowest BCUT2D eigenvalue weighted by Crippen LogP contribution is -2.57. The van der Waals surface area contributed by atoms with Crippen LogP contribution >= 0.6 is 0 Å². The van der Waals surface area contributed by atoms with Crippen molar-refractivity contribution >= 4 is 121 Å². The van der Waals surface area contributed by atoms with Gasteiger partial charge in [0.15, 0.2) is 0 Å². The Kier molecular flexibility index (Phi) is 32.6. The summed E-state index contributed by atoms with van der Waals surface area (Å²) >= 11 is 0. The molecule has 0 N–H and O–H groups in total. The zero-order chi connectivity index (χ0) is 102. The van der Waals surface area contributed by atoms with E-state index in [2.05, 4.69) is 474 Å². The number of aryl methyl sites for hydroxylation is 7. The van der Waals surface area contributed by atoms with Gasteiger partial charge in [0.05, 0.1) is 0 Å². The van der Waals surface area contributed by atoms with Gasteiger partial charge in [0.25, 0.3) is 6.71 Å². The molecule has 0 atom stereocenters. The van der Waals surface area contributed by atoms with Crippen molar-refractivity contribution < 1.29 is 9.47 Å². The van der Waals surface area contributed by atoms with Gasteiger partial charge in [-0.15, -0.1) is 0 Å². The van der Waals surface area contributed by atoms with Gasteiger partial charge in [0.1, 0.15) is 23.0 Å². The molecule has 0 unspecified atom stereocenters. The lowest BCUT2D eigenvalue weighted by atomic mass is 9.35. The van der Waals surface area contributed by atoms with E-state index in [1.165, 1.54) is 215 Å². The van der Waals surface area contributed by atoms with Crippen LogP contribution in [0, 0.1) is 20.8 Å². The van der Waals surface area contributed by atoms with E-state index >= 15 is 0 Å². The molecule has 146 heavy (non-hydrogen) atoms. The van der Waals surface area contributed by atoms with Crippen LogP contribution in [0.25, 0.3) is 143 Å². The van der Waals surface area contributed by atoms with Crippen molar-refractivity contribution in [1.82, 2.24) is 18.3 Å². The molecule has 724 valence electrons. The van der Waals surface area contributed by atoms with E-state index in [1.54, 1.807) is 0 Å². The number of nitrogens with zero attached hydrogens (tertiary/aromatic N) is 4. The highest BCUT2D eigenvalue weighted by atomic mass is 16.5. The first kappa shape index (κ1) is 101. The van der Waals surface area contributed by atoms with Gasteiger partial charge in [-0.25, -0.2) is 0 Å². The van der Waals surface area contributed by atoms with E-state index in [9.17, 15) is 0 Å². The third-order valence-corrected chi connectivity index (χ3v) is 28.2. The van der Waals surface area contributed by atoms with Gasteiger partial charge in [-0.1, -0.05) is 451 Å². The summed E-state index contributed by atoms with van der Waals surface area (Å²) in [5.74, 6) is 3.66. The van der Waals surface area contributed by atoms with Crippen molar-refractivity contribution in [3.8, 4) is 67.5 Å². The Bertz CT molecular complexity index is 8020. The second-order valence-electron chi connectivity index (χ2n) is 36.3. The van der Waals surface area contributed by atoms with Gasteiger partial charge in [-0.05, 0) is 241 Å². The van der Waals surface area contributed by atoms with Crippen molar-refractivity contribution in [3.05, 3.63) is 510 Å². The summed E-state index contributed by atoms with van der Waals surface area (Å²) in [4.78, 5) is 0. The quantitative estimate of drug-likeness (QED) is 0.142. The predicted molar refractivity (Wildman–Crippen MR) is 633 cm³/mol. The van der Waals surface area contributed by atoms with E-state index < -0.39 is 0 Å². The Labute approximate surface area is 864 Å². The molecule has 0 saturated carbocycles. The molecule has 0 bridgehead atoms. The molecule has 7 heteroatoms. The summed E-state index contributed by atoms with van der Waals surface area (Å²) in [5.41, 5.74) is 41.2. The molecule has 4 aromatic heterocycles. The number of para-hydroxylation sites is 9. The molecule has 20 aromatic carbocycles. The fraction of sp³-hybridized carbons (Fsp3) is 0.151. The van der Waals surface area contributed by atoms with Crippen LogP contribution < -0.4 is 25.9 Å². The van der Waals surface area contributed by atoms with Crippen LogP contribution in [0.1, 0.15) is 130 Å². The minimum Gasteiger partial charge on any atom is -0.458 e. The molecule has 6 nitrogen and oxygen atoms in total. The maximum atomic E-state index is 6.06. The third kappa shape index (κ3) is 20.4. The van der Waals surface area contributed by atoms with E-state index in [0.717, 1.165) is 54.1 Å². The smallest absolute Gasteiger partial charge is 0.260 e. The van der Waals surface area contributed by atoms with Crippen molar-refractivity contribution in [2.24, 2.45) is 28.2 Å². The van der Waals surface area contributed by atoms with E-state index in [0.29, 0.717) is 0 Å². The first-order valence-corrected chi connectivity index (χ1v) is 52.4. The Morgan fingerprint density at radius 1 is 0.199 bits per heavy atom. The highest BCUT2D eigenvalue weighted by Gasteiger charge is 2.40. The molecule has 4 aliphatic carbocycles. The zero-order valence-electron chi connectivity index (χ0n) is 87.7. The van der Waals surface area contributed by atoms with Gasteiger partial charge in [-0.2, -0.15) is 0 Å². The summed E-state index contributed by atoms with van der Waals surface area (Å²) in [6.45, 7) is 26.7. The molecule has 0 fully saturated rings. The van der Waals surface area contributed by atoms with Gasteiger partial charge in [-0.3, -0.25) is 0 Å². The summed E-state index contributed by atoms with van der Waals surface area (Å²) in [6.07, 6.45) is 4.37. The Hall–Kier alpha value is -16.5. The second-order valence-corrected chi connectivity index (χ2v) is 36.3. The van der Waals surface area contributed by atoms with Crippen molar-refractivity contribution in [3.63, 3.8) is 0 Å². The van der Waals surface area contributed by atoms with E-state index in [1.807, 2.05) is 112 Å². The zero-order valence-corrected chi connectivity index (χ0v) is 87.7. The number of hydrogen-bond donors (Lipinski definition) is 0. The fourth-order valence-corrected chi connectivity index (χ4v) is 21.8. The molecule has 2 aliphatic heterocycles. The maximum Gasteiger partial charge on any atom is 0.260 e. The normalized spacial score (nSPS) is 11.4. The highest BCUT2D eigenvalue weighted by Crippen LogP contribution is 2.46. The molecular formula is C139H133BN4O2. The second kappa shape index (κ2) is 47.2. The number of ether oxygens (including phenoxy) is 2. The molecule has 0 saturated heterocycles. The monoisotopic (exact) mass is 1900 g/mol. The average molecular weight is 1900 g/mol. The van der Waals surface area contributed by atoms with Gasteiger partial charge in [0.2, 0.25) is 0 Å². The number of fused-ring (bicyclic) bond motifs is 30. The van der Waals surface area contributed by atoms with Crippen LogP contribution in [0.5, 0.6) is 23.0 Å². The summed E-state index contributed by atoms with van der Waals surface area (Å²) < 4.78 is 21.2. The Morgan fingerprint density at radius 2 is 0.459 bits per heavy atom. The lowest BCUT2D eigenvalue weighted by molar-refractivity contribution is 0.464. The molecule has 0 amide bonds. The number of aromatic nitrogens is 4. The van der Waals surface area contributed by atoms with Crippen molar-refractivity contribution in [1.29, 1.82) is 0 Å². The summed E-state index contributed by atoms with van der Waals surface area (Å²) in [7, 11) is 8.51. The van der Waals surface area contributed by atoms with Crippen LogP contribution in [0.15, 0.2) is 449 Å². The number of hydrogen-bond acceptors (Lipinski definition) is 2. The molecule has 24 aromatic rings. The number of rotatable bonds is 0. The predicted octanol–water partition coefficient (Wildman–Crippen LogP) is 36.0. The van der Waals surface area contributed by atoms with E-state index in [4.69, 9.17) is 9.47 Å². The highest BCUT2D eigenvalue weighted by molar-refractivity contribution is 6.98. The van der Waals surface area contributed by atoms with Crippen molar-refractivity contribution in [2.45, 2.75) is 116 Å². The molecule has 0 spiro atoms. The van der Waals surface area contributed by atoms with E-state index in [-0.39, 0.29) is 6.71 Å². The van der Waals surface area contributed by atoms with Gasteiger partial charge < -0.3 is 27.7 Å². The first-order valence-electron chi connectivity index (χ1n) is 52.4. The van der Waals surface area contributed by atoms with Gasteiger partial charge >= 0.3 is 0 Å². The molecule has 0 radical (unpaired) electrons. The summed E-state index contributed by atoms with van der Waals surface area (Å²) in [5, 5.41) is 13.5. The topological polar surface area (TPSA) is 38.2 Å². The first-order chi connectivity index (χ1) is 71.9. The minimum absolute atomic E-state index is 0.186. The van der Waals surface area contributed by atoms with Crippen molar-refractivity contribution in [2.75, 3.05) is 0 Å². The van der Waals surface area contributed by atoms with Crippen LogP contribution in [-0.4, -0.2) is 25.0 Å². The Morgan fingerprint density at radius 3 is 0.842 bits per heavy atom. The third-order valence-electron chi connectivity index (χ3n) is 28.2. The van der Waals surface area contributed by atoms with Crippen LogP contribution in [0.4, 0.5) is 0 Å². The molecule has 6 heterocycles. The summed E-state index contributed by atoms with van der Waals surface area (Å²) in [6, 6.07) is 159. The van der Waals surface area contributed by atoms with Crippen LogP contribution in [0.2, 0.25) is 0 Å². The van der Waals surface area contributed by atoms with Crippen LogP contribution in [-0.2, 0) is 53.9 Å². The van der Waals surface area contributed by atoms with Crippen LogP contribution in [0.3, 0.4) is 0 Å². The lowest BCUT2D eigenvalue weighted by Gasteiger charge is -2.32. The standard InChI is InChI=1S/C20H15N.C18H11BO2.C14H12.3C13H11N.2C13H10.C12H12.5C2H6/c1-21-17-9-5-4-8-16(17)20-18(21)11-10-14-12-13-6-2-3-7-15(13)19(14)20;1-3-8-14-12(6-1)19-13-7-2-4-9-15(13)21-17-11-5-10-16(20-14)18(17)19;1-10-5-4-7-12-9-11-6-2-3-8-13(11)14(10)12;3*1-14-12-8-4-2-6-10(12)11-7-3-5-9-13(11)14;2*1-3-7-12-10(5-1)9-11-6-2-4-8-13(11)12;1-9-7-10(2)12-6-4-3-5-11(12)8-9;5*1-2/h2-11H,12H2,1H3;1-11H;2-8H,9H2,1H3;3*2-9H,1H3;2*1-8H,9H2;3-8H,1-2H3;5*1-2H3. The Balaban J connectivity index is 0.000000112.